The highest BCUT2D eigenvalue weighted by Crippen LogP contribution is 2.23. The lowest BCUT2D eigenvalue weighted by molar-refractivity contribution is -0.117. The summed E-state index contributed by atoms with van der Waals surface area (Å²) in [6, 6.07) is 5.49. The average Bonchev–Trinajstić information content (AvgIpc) is 3.04. The fourth-order valence-corrected chi connectivity index (χ4v) is 2.33. The third-order valence-corrected chi connectivity index (χ3v) is 3.45. The first-order valence-corrected chi connectivity index (χ1v) is 6.83. The number of benzene rings is 1. The molecule has 3 rings (SSSR count). The summed E-state index contributed by atoms with van der Waals surface area (Å²) in [7, 11) is 3.70. The number of oxazole rings is 1. The highest BCUT2D eigenvalue weighted by molar-refractivity contribution is 5.96. The van der Waals surface area contributed by atoms with Gasteiger partial charge in [-0.05, 0) is 24.6 Å². The maximum atomic E-state index is 12.1. The standard InChI is InChI=1S/C14H18N4O3/c1-18(2)14-17-10-5-8(3-4-12(10)21-14)16-13(20)11-6-9(19)7-15-11/h3-5,9,11,15,19H,6-7H2,1-2H3,(H,16,20). The Balaban J connectivity index is 1.76. The van der Waals surface area contributed by atoms with Crippen molar-refractivity contribution in [2.75, 3.05) is 30.9 Å². The van der Waals surface area contributed by atoms with Crippen molar-refractivity contribution in [3.05, 3.63) is 18.2 Å². The lowest BCUT2D eigenvalue weighted by atomic mass is 10.2. The maximum absolute atomic E-state index is 12.1. The number of anilines is 2. The van der Waals surface area contributed by atoms with E-state index in [1.165, 1.54) is 0 Å². The second-order valence-corrected chi connectivity index (χ2v) is 5.41. The molecule has 0 aliphatic carbocycles. The molecule has 2 unspecified atom stereocenters. The monoisotopic (exact) mass is 290 g/mol. The Bertz CT molecular complexity index is 667. The summed E-state index contributed by atoms with van der Waals surface area (Å²) in [5.41, 5.74) is 2.02. The molecule has 2 aromatic rings. The topological polar surface area (TPSA) is 90.6 Å². The smallest absolute Gasteiger partial charge is 0.297 e. The molecule has 1 aliphatic heterocycles. The van der Waals surface area contributed by atoms with E-state index >= 15 is 0 Å². The van der Waals surface area contributed by atoms with Gasteiger partial charge in [0.25, 0.3) is 6.01 Å². The van der Waals surface area contributed by atoms with E-state index in [-0.39, 0.29) is 11.9 Å². The van der Waals surface area contributed by atoms with Crippen LogP contribution in [-0.2, 0) is 4.79 Å². The molecule has 21 heavy (non-hydrogen) atoms. The number of nitrogens with one attached hydrogen (secondary N) is 2. The molecule has 2 atom stereocenters. The largest absolute Gasteiger partial charge is 0.423 e. The minimum absolute atomic E-state index is 0.151. The lowest BCUT2D eigenvalue weighted by Crippen LogP contribution is -2.35. The van der Waals surface area contributed by atoms with Crippen molar-refractivity contribution in [2.45, 2.75) is 18.6 Å². The number of carbonyl (C=O) groups is 1. The fraction of sp³-hybridized carbons (Fsp3) is 0.429. The van der Waals surface area contributed by atoms with E-state index in [9.17, 15) is 9.90 Å². The summed E-state index contributed by atoms with van der Waals surface area (Å²) in [5, 5.41) is 15.2. The summed E-state index contributed by atoms with van der Waals surface area (Å²) < 4.78 is 5.56. The summed E-state index contributed by atoms with van der Waals surface area (Å²) in [6.07, 6.45) is -0.0237. The van der Waals surface area contributed by atoms with E-state index in [0.717, 1.165) is 0 Å². The summed E-state index contributed by atoms with van der Waals surface area (Å²) in [4.78, 5) is 18.2. The zero-order valence-corrected chi connectivity index (χ0v) is 12.0. The zero-order chi connectivity index (χ0) is 15.0. The van der Waals surface area contributed by atoms with Crippen LogP contribution in [0.15, 0.2) is 22.6 Å². The minimum atomic E-state index is -0.457. The molecule has 1 aromatic carbocycles. The molecule has 7 nitrogen and oxygen atoms in total. The Kier molecular flexibility index (Phi) is 3.52. The molecule has 112 valence electrons. The Labute approximate surface area is 121 Å². The number of aromatic nitrogens is 1. The lowest BCUT2D eigenvalue weighted by Gasteiger charge is -2.10. The average molecular weight is 290 g/mol. The molecule has 7 heteroatoms. The van der Waals surface area contributed by atoms with Gasteiger partial charge in [0.2, 0.25) is 5.91 Å². The van der Waals surface area contributed by atoms with Crippen LogP contribution in [0.2, 0.25) is 0 Å². The number of aliphatic hydroxyl groups excluding tert-OH is 1. The first-order chi connectivity index (χ1) is 10.0. The van der Waals surface area contributed by atoms with Crippen LogP contribution in [0.3, 0.4) is 0 Å². The SMILES string of the molecule is CN(C)c1nc2cc(NC(=O)C3CC(O)CN3)ccc2o1. The van der Waals surface area contributed by atoms with Gasteiger partial charge >= 0.3 is 0 Å². The van der Waals surface area contributed by atoms with Crippen LogP contribution in [0, 0.1) is 0 Å². The number of hydrogen-bond donors (Lipinski definition) is 3. The van der Waals surface area contributed by atoms with Gasteiger partial charge in [-0.1, -0.05) is 0 Å². The molecule has 1 amide bonds. The van der Waals surface area contributed by atoms with Crippen molar-refractivity contribution in [3.8, 4) is 0 Å². The summed E-state index contributed by atoms with van der Waals surface area (Å²) in [5.74, 6) is -0.151. The fourth-order valence-electron chi connectivity index (χ4n) is 2.33. The first kappa shape index (κ1) is 13.8. The van der Waals surface area contributed by atoms with Gasteiger partial charge in [-0.25, -0.2) is 0 Å². The van der Waals surface area contributed by atoms with Gasteiger partial charge in [-0.3, -0.25) is 4.79 Å². The number of aliphatic hydroxyl groups is 1. The quantitative estimate of drug-likeness (QED) is 0.765. The van der Waals surface area contributed by atoms with Crippen molar-refractivity contribution in [3.63, 3.8) is 0 Å². The van der Waals surface area contributed by atoms with Crippen LogP contribution >= 0.6 is 0 Å². The van der Waals surface area contributed by atoms with E-state index in [1.807, 2.05) is 14.1 Å². The predicted molar refractivity (Wildman–Crippen MR) is 79.4 cm³/mol. The van der Waals surface area contributed by atoms with Gasteiger partial charge in [0.15, 0.2) is 5.58 Å². The normalized spacial score (nSPS) is 21.7. The van der Waals surface area contributed by atoms with Gasteiger partial charge in [0.1, 0.15) is 5.52 Å². The molecule has 0 spiro atoms. The Morgan fingerprint density at radius 1 is 1.52 bits per heavy atom. The predicted octanol–water partition coefficient (Wildman–Crippen LogP) is 0.555. The Morgan fingerprint density at radius 3 is 3.00 bits per heavy atom. The molecule has 1 fully saturated rings. The molecule has 2 heterocycles. The van der Waals surface area contributed by atoms with Crippen molar-refractivity contribution in [1.82, 2.24) is 10.3 Å². The number of carbonyl (C=O) groups excluding carboxylic acids is 1. The summed E-state index contributed by atoms with van der Waals surface area (Å²) >= 11 is 0. The Hall–Kier alpha value is -2.12. The highest BCUT2D eigenvalue weighted by Gasteiger charge is 2.28. The van der Waals surface area contributed by atoms with Crippen LogP contribution in [-0.4, -0.2) is 48.8 Å². The van der Waals surface area contributed by atoms with E-state index in [2.05, 4.69) is 15.6 Å². The Morgan fingerprint density at radius 2 is 2.33 bits per heavy atom. The van der Waals surface area contributed by atoms with Gasteiger partial charge in [-0.15, -0.1) is 0 Å². The van der Waals surface area contributed by atoms with E-state index in [1.54, 1.807) is 23.1 Å². The molecule has 1 saturated heterocycles. The highest BCUT2D eigenvalue weighted by atomic mass is 16.4. The van der Waals surface area contributed by atoms with Gasteiger partial charge < -0.3 is 25.1 Å². The number of β-amino-alcohol motifs (C(OH)–C–C–N with tert-alkyl or cyclic N) is 1. The molecule has 0 saturated carbocycles. The number of rotatable bonds is 3. The first-order valence-electron chi connectivity index (χ1n) is 6.83. The molecular weight excluding hydrogens is 272 g/mol. The van der Waals surface area contributed by atoms with Crippen LogP contribution in [0.25, 0.3) is 11.1 Å². The number of amides is 1. The van der Waals surface area contributed by atoms with Crippen LogP contribution in [0.1, 0.15) is 6.42 Å². The molecular formula is C14H18N4O3. The minimum Gasteiger partial charge on any atom is -0.423 e. The maximum Gasteiger partial charge on any atom is 0.297 e. The summed E-state index contributed by atoms with van der Waals surface area (Å²) in [6.45, 7) is 0.451. The number of nitrogens with zero attached hydrogens (tertiary/aromatic N) is 2. The van der Waals surface area contributed by atoms with Gasteiger partial charge in [0.05, 0.1) is 12.1 Å². The third kappa shape index (κ3) is 2.84. The van der Waals surface area contributed by atoms with Crippen molar-refractivity contribution >= 4 is 28.7 Å². The molecule has 1 aliphatic rings. The van der Waals surface area contributed by atoms with Crippen molar-refractivity contribution < 1.29 is 14.3 Å². The second kappa shape index (κ2) is 5.34. The molecule has 0 radical (unpaired) electrons. The van der Waals surface area contributed by atoms with Gasteiger partial charge in [-0.2, -0.15) is 4.98 Å². The molecule has 1 aromatic heterocycles. The third-order valence-electron chi connectivity index (χ3n) is 3.45. The number of fused-ring (bicyclic) bond motifs is 1. The van der Waals surface area contributed by atoms with E-state index in [0.29, 0.717) is 35.8 Å². The van der Waals surface area contributed by atoms with E-state index in [4.69, 9.17) is 4.42 Å². The van der Waals surface area contributed by atoms with Crippen molar-refractivity contribution in [1.29, 1.82) is 0 Å². The van der Waals surface area contributed by atoms with Crippen LogP contribution < -0.4 is 15.5 Å². The zero-order valence-electron chi connectivity index (χ0n) is 12.0. The van der Waals surface area contributed by atoms with E-state index < -0.39 is 6.10 Å². The number of hydrogen-bond acceptors (Lipinski definition) is 6. The second-order valence-electron chi connectivity index (χ2n) is 5.41. The van der Waals surface area contributed by atoms with Gasteiger partial charge in [0, 0.05) is 26.3 Å². The van der Waals surface area contributed by atoms with Crippen molar-refractivity contribution in [2.24, 2.45) is 0 Å². The van der Waals surface area contributed by atoms with Crippen LogP contribution in [0.4, 0.5) is 11.7 Å². The van der Waals surface area contributed by atoms with Crippen LogP contribution in [0.5, 0.6) is 0 Å². The molecule has 3 N–H and O–H groups in total. The molecule has 0 bridgehead atoms.